The minimum absolute atomic E-state index is 0.0262. The number of benzene rings is 2. The molecule has 108 valence electrons. The van der Waals surface area contributed by atoms with Crippen LogP contribution in [0, 0.1) is 10.1 Å². The number of non-ortho nitro benzene ring substituents is 1. The molecule has 0 saturated carbocycles. The van der Waals surface area contributed by atoms with Gasteiger partial charge in [0.2, 0.25) is 0 Å². The van der Waals surface area contributed by atoms with Gasteiger partial charge in [0, 0.05) is 24.2 Å². The predicted octanol–water partition coefficient (Wildman–Crippen LogP) is 3.09. The molecule has 0 aliphatic carbocycles. The number of hydrogen-bond donors (Lipinski definition) is 1. The summed E-state index contributed by atoms with van der Waals surface area (Å²) in [7, 11) is 0. The average molecular weight is 284 g/mol. The Morgan fingerprint density at radius 3 is 2.14 bits per heavy atom. The van der Waals surface area contributed by atoms with E-state index in [9.17, 15) is 14.9 Å². The van der Waals surface area contributed by atoms with Crippen molar-refractivity contribution in [2.75, 3.05) is 0 Å². The van der Waals surface area contributed by atoms with Gasteiger partial charge in [0.05, 0.1) is 4.92 Å². The fourth-order valence-electron chi connectivity index (χ4n) is 1.91. The van der Waals surface area contributed by atoms with Crippen LogP contribution in [-0.4, -0.2) is 10.8 Å². The van der Waals surface area contributed by atoms with Crippen LogP contribution >= 0.6 is 0 Å². The first-order chi connectivity index (χ1) is 10.1. The summed E-state index contributed by atoms with van der Waals surface area (Å²) in [5.74, 6) is -0.246. The number of carbonyl (C=O) groups is 1. The van der Waals surface area contributed by atoms with E-state index in [4.69, 9.17) is 0 Å². The molecule has 5 nitrogen and oxygen atoms in total. The van der Waals surface area contributed by atoms with Crippen molar-refractivity contribution >= 4 is 11.6 Å². The maximum Gasteiger partial charge on any atom is 0.269 e. The molecular formula is C16H16N2O3. The van der Waals surface area contributed by atoms with Crippen LogP contribution in [-0.2, 0) is 13.0 Å². The zero-order valence-corrected chi connectivity index (χ0v) is 11.7. The molecule has 0 heterocycles. The highest BCUT2D eigenvalue weighted by atomic mass is 16.6. The fourth-order valence-corrected chi connectivity index (χ4v) is 1.91. The van der Waals surface area contributed by atoms with Crippen LogP contribution in [0.5, 0.6) is 0 Å². The maximum atomic E-state index is 11.9. The molecule has 5 heteroatoms. The highest BCUT2D eigenvalue weighted by Gasteiger charge is 2.09. The van der Waals surface area contributed by atoms with Crippen LogP contribution in [0.1, 0.15) is 28.4 Å². The van der Waals surface area contributed by atoms with Crippen molar-refractivity contribution < 1.29 is 9.72 Å². The summed E-state index contributed by atoms with van der Waals surface area (Å²) in [4.78, 5) is 22.0. The van der Waals surface area contributed by atoms with Gasteiger partial charge in [-0.2, -0.15) is 0 Å². The molecule has 0 aromatic heterocycles. The van der Waals surface area contributed by atoms with E-state index < -0.39 is 4.92 Å². The van der Waals surface area contributed by atoms with E-state index >= 15 is 0 Å². The standard InChI is InChI=1S/C16H16N2O3/c1-2-12-3-5-13(6-4-12)11-17-16(19)14-7-9-15(10-8-14)18(20)21/h3-10H,2,11H2,1H3,(H,17,19). The molecule has 2 aromatic carbocycles. The lowest BCUT2D eigenvalue weighted by Gasteiger charge is -2.06. The number of nitrogens with zero attached hydrogens (tertiary/aromatic N) is 1. The molecule has 2 aromatic rings. The van der Waals surface area contributed by atoms with Gasteiger partial charge in [-0.1, -0.05) is 31.2 Å². The number of rotatable bonds is 5. The number of aryl methyl sites for hydroxylation is 1. The summed E-state index contributed by atoms with van der Waals surface area (Å²) >= 11 is 0. The van der Waals surface area contributed by atoms with Gasteiger partial charge in [-0.3, -0.25) is 14.9 Å². The first kappa shape index (κ1) is 14.7. The van der Waals surface area contributed by atoms with Crippen LogP contribution in [0.3, 0.4) is 0 Å². The first-order valence-corrected chi connectivity index (χ1v) is 6.70. The lowest BCUT2D eigenvalue weighted by Crippen LogP contribution is -2.22. The summed E-state index contributed by atoms with van der Waals surface area (Å²) in [6.07, 6.45) is 0.982. The zero-order valence-electron chi connectivity index (χ0n) is 11.7. The van der Waals surface area contributed by atoms with E-state index in [1.807, 2.05) is 24.3 Å². The van der Waals surface area contributed by atoms with Crippen LogP contribution in [0.25, 0.3) is 0 Å². The summed E-state index contributed by atoms with van der Waals surface area (Å²) in [6, 6.07) is 13.6. The third-order valence-corrected chi connectivity index (χ3v) is 3.22. The number of carbonyl (C=O) groups excluding carboxylic acids is 1. The smallest absolute Gasteiger partial charge is 0.269 e. The Balaban J connectivity index is 1.95. The van der Waals surface area contributed by atoms with Crippen molar-refractivity contribution in [1.29, 1.82) is 0 Å². The molecule has 0 atom stereocenters. The van der Waals surface area contributed by atoms with Crippen molar-refractivity contribution in [2.24, 2.45) is 0 Å². The Hall–Kier alpha value is -2.69. The molecule has 0 radical (unpaired) electrons. The minimum atomic E-state index is -0.489. The zero-order chi connectivity index (χ0) is 15.2. The summed E-state index contributed by atoms with van der Waals surface area (Å²) in [5, 5.41) is 13.3. The molecule has 0 aliphatic heterocycles. The molecule has 0 fully saturated rings. The number of nitro groups is 1. The van der Waals surface area contributed by atoms with E-state index in [0.29, 0.717) is 12.1 Å². The summed E-state index contributed by atoms with van der Waals surface area (Å²) in [5.41, 5.74) is 2.65. The second-order valence-electron chi connectivity index (χ2n) is 4.66. The Labute approximate surface area is 122 Å². The highest BCUT2D eigenvalue weighted by Crippen LogP contribution is 2.12. The quantitative estimate of drug-likeness (QED) is 0.677. The maximum absolute atomic E-state index is 11.9. The van der Waals surface area contributed by atoms with Gasteiger partial charge in [0.25, 0.3) is 11.6 Å². The number of nitrogens with one attached hydrogen (secondary N) is 1. The highest BCUT2D eigenvalue weighted by molar-refractivity contribution is 5.94. The van der Waals surface area contributed by atoms with Crippen molar-refractivity contribution in [3.63, 3.8) is 0 Å². The molecule has 0 aliphatic rings. The average Bonchev–Trinajstić information content (AvgIpc) is 2.53. The molecular weight excluding hydrogens is 268 g/mol. The lowest BCUT2D eigenvalue weighted by molar-refractivity contribution is -0.384. The van der Waals surface area contributed by atoms with Crippen LogP contribution in [0.2, 0.25) is 0 Å². The topological polar surface area (TPSA) is 72.2 Å². The normalized spacial score (nSPS) is 10.1. The Bertz CT molecular complexity index is 634. The van der Waals surface area contributed by atoms with Crippen molar-refractivity contribution in [3.8, 4) is 0 Å². The number of nitro benzene ring substituents is 1. The fraction of sp³-hybridized carbons (Fsp3) is 0.188. The van der Waals surface area contributed by atoms with Crippen LogP contribution in [0.15, 0.2) is 48.5 Å². The monoisotopic (exact) mass is 284 g/mol. The summed E-state index contributed by atoms with van der Waals surface area (Å²) in [6.45, 7) is 2.52. The van der Waals surface area contributed by atoms with E-state index in [0.717, 1.165) is 12.0 Å². The van der Waals surface area contributed by atoms with Gasteiger partial charge >= 0.3 is 0 Å². The molecule has 2 rings (SSSR count). The second kappa shape index (κ2) is 6.65. The first-order valence-electron chi connectivity index (χ1n) is 6.70. The lowest BCUT2D eigenvalue weighted by atomic mass is 10.1. The van der Waals surface area contributed by atoms with Gasteiger partial charge in [0.1, 0.15) is 0 Å². The largest absolute Gasteiger partial charge is 0.348 e. The van der Waals surface area contributed by atoms with E-state index in [-0.39, 0.29) is 11.6 Å². The Morgan fingerprint density at radius 2 is 1.62 bits per heavy atom. The third-order valence-electron chi connectivity index (χ3n) is 3.22. The SMILES string of the molecule is CCc1ccc(CNC(=O)c2ccc([N+](=O)[O-])cc2)cc1. The van der Waals surface area contributed by atoms with Crippen LogP contribution in [0.4, 0.5) is 5.69 Å². The van der Waals surface area contributed by atoms with Gasteiger partial charge < -0.3 is 5.32 Å². The molecule has 0 saturated heterocycles. The molecule has 21 heavy (non-hydrogen) atoms. The summed E-state index contributed by atoms with van der Waals surface area (Å²) < 4.78 is 0. The van der Waals surface area contributed by atoms with Crippen molar-refractivity contribution in [2.45, 2.75) is 19.9 Å². The predicted molar refractivity (Wildman–Crippen MR) is 80.1 cm³/mol. The number of amides is 1. The second-order valence-corrected chi connectivity index (χ2v) is 4.66. The minimum Gasteiger partial charge on any atom is -0.348 e. The van der Waals surface area contributed by atoms with E-state index in [1.54, 1.807) is 0 Å². The molecule has 0 unspecified atom stereocenters. The molecule has 0 bridgehead atoms. The van der Waals surface area contributed by atoms with Crippen molar-refractivity contribution in [1.82, 2.24) is 5.32 Å². The van der Waals surface area contributed by atoms with E-state index in [2.05, 4.69) is 12.2 Å². The molecule has 1 amide bonds. The van der Waals surface area contributed by atoms with Gasteiger partial charge in [-0.25, -0.2) is 0 Å². The van der Waals surface area contributed by atoms with Gasteiger partial charge in [0.15, 0.2) is 0 Å². The van der Waals surface area contributed by atoms with E-state index in [1.165, 1.54) is 29.8 Å². The third kappa shape index (κ3) is 3.89. The van der Waals surface area contributed by atoms with Gasteiger partial charge in [-0.05, 0) is 29.7 Å². The number of hydrogen-bond acceptors (Lipinski definition) is 3. The Morgan fingerprint density at radius 1 is 1.05 bits per heavy atom. The van der Waals surface area contributed by atoms with Crippen molar-refractivity contribution in [3.05, 3.63) is 75.3 Å². The van der Waals surface area contributed by atoms with Crippen LogP contribution < -0.4 is 5.32 Å². The van der Waals surface area contributed by atoms with Gasteiger partial charge in [-0.15, -0.1) is 0 Å². The Kier molecular flexibility index (Phi) is 4.66. The molecule has 1 N–H and O–H groups in total. The molecule has 0 spiro atoms.